The van der Waals surface area contributed by atoms with Crippen molar-refractivity contribution in [3.05, 3.63) is 58.3 Å². The van der Waals surface area contributed by atoms with Crippen molar-refractivity contribution in [2.45, 2.75) is 50.4 Å². The summed E-state index contributed by atoms with van der Waals surface area (Å²) in [6, 6.07) is 3.19. The molecule has 0 amide bonds. The molecule has 5 nitrogen and oxygen atoms in total. The lowest BCUT2D eigenvalue weighted by molar-refractivity contribution is -0.275. The summed E-state index contributed by atoms with van der Waals surface area (Å²) in [6.45, 7) is 4.67. The van der Waals surface area contributed by atoms with E-state index in [1.165, 1.54) is 24.4 Å². The first-order valence-corrected chi connectivity index (χ1v) is 10.1. The maximum atomic E-state index is 14.3. The van der Waals surface area contributed by atoms with Gasteiger partial charge in [-0.15, -0.1) is 0 Å². The summed E-state index contributed by atoms with van der Waals surface area (Å²) in [5.74, 6) is -0.626. The Kier molecular flexibility index (Phi) is 5.06. The zero-order chi connectivity index (χ0) is 23.6. The largest absolute Gasteiger partial charge is 0.506 e. The van der Waals surface area contributed by atoms with Gasteiger partial charge in [-0.3, -0.25) is 0 Å². The van der Waals surface area contributed by atoms with Gasteiger partial charge in [0.2, 0.25) is 0 Å². The van der Waals surface area contributed by atoms with Crippen molar-refractivity contribution in [1.82, 2.24) is 9.97 Å². The molecule has 1 heterocycles. The fourth-order valence-corrected chi connectivity index (χ4v) is 4.62. The molecular weight excluding hydrogens is 450 g/mol. The lowest BCUT2D eigenvalue weighted by Crippen LogP contribution is -2.58. The van der Waals surface area contributed by atoms with E-state index < -0.39 is 35.5 Å². The van der Waals surface area contributed by atoms with Crippen LogP contribution in [-0.4, -0.2) is 32.0 Å². The van der Waals surface area contributed by atoms with Crippen LogP contribution in [0.2, 0.25) is 5.02 Å². The van der Waals surface area contributed by atoms with Crippen LogP contribution in [0, 0.1) is 12.7 Å². The van der Waals surface area contributed by atoms with Gasteiger partial charge in [0.15, 0.2) is 5.60 Å². The maximum absolute atomic E-state index is 14.3. The number of anilines is 1. The van der Waals surface area contributed by atoms with Gasteiger partial charge in [0, 0.05) is 17.3 Å². The zero-order valence-corrected chi connectivity index (χ0v) is 18.1. The van der Waals surface area contributed by atoms with E-state index in [0.29, 0.717) is 11.4 Å². The number of rotatable bonds is 2. The number of benzene rings is 2. The van der Waals surface area contributed by atoms with Crippen LogP contribution >= 0.6 is 11.6 Å². The first kappa shape index (κ1) is 22.5. The van der Waals surface area contributed by atoms with Crippen molar-refractivity contribution >= 4 is 28.2 Å². The van der Waals surface area contributed by atoms with Crippen LogP contribution in [0.3, 0.4) is 0 Å². The lowest BCUT2D eigenvalue weighted by atomic mass is 9.63. The van der Waals surface area contributed by atoms with Crippen LogP contribution < -0.4 is 5.32 Å². The summed E-state index contributed by atoms with van der Waals surface area (Å²) in [7, 11) is 0. The van der Waals surface area contributed by atoms with Crippen LogP contribution in [0.4, 0.5) is 23.2 Å². The third kappa shape index (κ3) is 3.44. The molecule has 0 fully saturated rings. The molecule has 1 aromatic heterocycles. The number of alkyl halides is 3. The van der Waals surface area contributed by atoms with Crippen LogP contribution in [0.15, 0.2) is 30.5 Å². The van der Waals surface area contributed by atoms with E-state index in [1.807, 2.05) is 0 Å². The SMILES string of the molecule is Cc1ncc2c(NC3c4cc(Cl)c(O)cc4C(C)(C)CC3(O)C(F)(F)F)ccc(F)c2n1. The Labute approximate surface area is 186 Å². The summed E-state index contributed by atoms with van der Waals surface area (Å²) in [6.07, 6.45) is -4.37. The average molecular weight is 470 g/mol. The molecule has 0 bridgehead atoms. The van der Waals surface area contributed by atoms with Crippen LogP contribution in [0.25, 0.3) is 10.9 Å². The predicted molar refractivity (Wildman–Crippen MR) is 112 cm³/mol. The number of phenolic OH excluding ortho intramolecular Hbond substituents is 1. The molecule has 3 N–H and O–H groups in total. The molecule has 0 saturated heterocycles. The number of hydrogen-bond donors (Lipinski definition) is 3. The number of aryl methyl sites for hydroxylation is 1. The molecule has 32 heavy (non-hydrogen) atoms. The number of aromatic nitrogens is 2. The van der Waals surface area contributed by atoms with Gasteiger partial charge in [0.25, 0.3) is 0 Å². The highest BCUT2D eigenvalue weighted by molar-refractivity contribution is 6.32. The van der Waals surface area contributed by atoms with E-state index >= 15 is 0 Å². The fraction of sp³-hybridized carbons (Fsp3) is 0.364. The van der Waals surface area contributed by atoms with Crippen molar-refractivity contribution in [3.63, 3.8) is 0 Å². The van der Waals surface area contributed by atoms with E-state index in [1.54, 1.807) is 20.8 Å². The molecule has 0 radical (unpaired) electrons. The number of hydrogen-bond acceptors (Lipinski definition) is 5. The van der Waals surface area contributed by atoms with Gasteiger partial charge in [-0.2, -0.15) is 13.2 Å². The van der Waals surface area contributed by atoms with Crippen molar-refractivity contribution in [1.29, 1.82) is 0 Å². The Hall–Kier alpha value is -2.65. The fourth-order valence-electron chi connectivity index (χ4n) is 4.45. The number of aliphatic hydroxyl groups is 1. The van der Waals surface area contributed by atoms with Crippen LogP contribution in [0.5, 0.6) is 5.75 Å². The molecule has 2 atom stereocenters. The van der Waals surface area contributed by atoms with E-state index in [0.717, 1.165) is 6.07 Å². The molecule has 1 aliphatic rings. The third-order valence-corrected chi connectivity index (χ3v) is 6.26. The minimum atomic E-state index is -5.01. The molecule has 4 rings (SSSR count). The lowest BCUT2D eigenvalue weighted by Gasteiger charge is -2.49. The normalized spacial score (nSPS) is 22.6. The van der Waals surface area contributed by atoms with Gasteiger partial charge in [-0.25, -0.2) is 14.4 Å². The first-order chi connectivity index (χ1) is 14.7. The highest BCUT2D eigenvalue weighted by Crippen LogP contribution is 2.55. The van der Waals surface area contributed by atoms with Gasteiger partial charge in [-0.1, -0.05) is 25.4 Å². The number of nitrogens with zero attached hydrogens (tertiary/aromatic N) is 2. The highest BCUT2D eigenvalue weighted by Gasteiger charge is 2.64. The Morgan fingerprint density at radius 3 is 2.56 bits per heavy atom. The summed E-state index contributed by atoms with van der Waals surface area (Å²) in [4.78, 5) is 8.07. The maximum Gasteiger partial charge on any atom is 0.419 e. The number of halogens is 5. The molecule has 10 heteroatoms. The highest BCUT2D eigenvalue weighted by atomic mass is 35.5. The average Bonchev–Trinajstić information content (AvgIpc) is 2.67. The zero-order valence-electron chi connectivity index (χ0n) is 17.3. The standard InChI is InChI=1S/C22H20ClF4N3O2/c1-10-28-8-12-16(5-4-15(24)18(12)29-10)30-19-11-6-14(23)17(31)7-13(11)20(2,3)9-21(19,32)22(25,26)27/h4-8,19,30-32H,9H2,1-3H3. The Morgan fingerprint density at radius 1 is 1.22 bits per heavy atom. The molecule has 3 aromatic rings. The molecule has 2 aromatic carbocycles. The van der Waals surface area contributed by atoms with Crippen molar-refractivity contribution in [2.24, 2.45) is 0 Å². The number of fused-ring (bicyclic) bond motifs is 2. The van der Waals surface area contributed by atoms with Crippen molar-refractivity contribution in [3.8, 4) is 5.75 Å². The van der Waals surface area contributed by atoms with E-state index in [2.05, 4.69) is 15.3 Å². The second-order valence-corrected chi connectivity index (χ2v) is 9.13. The third-order valence-electron chi connectivity index (χ3n) is 5.96. The predicted octanol–water partition coefficient (Wildman–Crippen LogP) is 5.56. The molecule has 2 unspecified atom stereocenters. The van der Waals surface area contributed by atoms with E-state index in [-0.39, 0.29) is 32.9 Å². The monoisotopic (exact) mass is 469 g/mol. The number of phenols is 1. The number of aromatic hydroxyl groups is 1. The smallest absolute Gasteiger partial charge is 0.419 e. The minimum absolute atomic E-state index is 0.0573. The summed E-state index contributed by atoms with van der Waals surface area (Å²) in [5, 5.41) is 23.9. The molecule has 170 valence electrons. The first-order valence-electron chi connectivity index (χ1n) is 9.75. The molecular formula is C22H20ClF4N3O2. The van der Waals surface area contributed by atoms with Gasteiger partial charge in [0.1, 0.15) is 22.9 Å². The topological polar surface area (TPSA) is 78.3 Å². The Balaban J connectivity index is 1.96. The van der Waals surface area contributed by atoms with E-state index in [9.17, 15) is 27.8 Å². The van der Waals surface area contributed by atoms with Crippen molar-refractivity contribution < 1.29 is 27.8 Å². The van der Waals surface area contributed by atoms with Crippen molar-refractivity contribution in [2.75, 3.05) is 5.32 Å². The second kappa shape index (κ2) is 7.18. The Bertz CT molecular complexity index is 1230. The summed E-state index contributed by atoms with van der Waals surface area (Å²) >= 11 is 6.04. The molecule has 0 saturated carbocycles. The van der Waals surface area contributed by atoms with Gasteiger partial charge >= 0.3 is 6.18 Å². The molecule has 0 spiro atoms. The second-order valence-electron chi connectivity index (χ2n) is 8.73. The van der Waals surface area contributed by atoms with Gasteiger partial charge in [-0.05, 0) is 54.2 Å². The quantitative estimate of drug-likeness (QED) is 0.428. The summed E-state index contributed by atoms with van der Waals surface area (Å²) < 4.78 is 57.1. The van der Waals surface area contributed by atoms with E-state index in [4.69, 9.17) is 11.6 Å². The Morgan fingerprint density at radius 2 is 1.91 bits per heavy atom. The molecule has 1 aliphatic carbocycles. The minimum Gasteiger partial charge on any atom is -0.506 e. The van der Waals surface area contributed by atoms with Gasteiger partial charge in [0.05, 0.1) is 11.1 Å². The van der Waals surface area contributed by atoms with Crippen LogP contribution in [-0.2, 0) is 5.41 Å². The van der Waals surface area contributed by atoms with Crippen LogP contribution in [0.1, 0.15) is 43.3 Å². The molecule has 0 aliphatic heterocycles. The van der Waals surface area contributed by atoms with Gasteiger partial charge < -0.3 is 15.5 Å². The summed E-state index contributed by atoms with van der Waals surface area (Å²) in [5.41, 5.74) is -3.78. The number of nitrogens with one attached hydrogen (secondary N) is 1.